The lowest BCUT2D eigenvalue weighted by atomic mass is 10.5. The van der Waals surface area contributed by atoms with Gasteiger partial charge in [-0.2, -0.15) is 0 Å². The summed E-state index contributed by atoms with van der Waals surface area (Å²) < 4.78 is 15.5. The van der Waals surface area contributed by atoms with Crippen LogP contribution in [-0.2, 0) is 9.53 Å². The fourth-order valence-corrected chi connectivity index (χ4v) is 0.223. The van der Waals surface area contributed by atoms with Crippen LogP contribution in [0.5, 0.6) is 0 Å². The summed E-state index contributed by atoms with van der Waals surface area (Å²) in [6, 6.07) is 0. The van der Waals surface area contributed by atoms with E-state index >= 15 is 0 Å². The Morgan fingerprint density at radius 3 is 2.88 bits per heavy atom. The van der Waals surface area contributed by atoms with E-state index in [0.29, 0.717) is 0 Å². The van der Waals surface area contributed by atoms with Crippen LogP contribution in [-0.4, -0.2) is 19.3 Å². The van der Waals surface area contributed by atoms with Gasteiger partial charge in [0.2, 0.25) is 0 Å². The third kappa shape index (κ3) is 3.59. The minimum Gasteiger partial charge on any atom is -0.463 e. The van der Waals surface area contributed by atoms with E-state index in [1.807, 2.05) is 0 Å². The minimum absolute atomic E-state index is 0.136. The molecule has 0 aliphatic heterocycles. The molecule has 0 spiro atoms. The van der Waals surface area contributed by atoms with Gasteiger partial charge in [-0.05, 0) is 0 Å². The van der Waals surface area contributed by atoms with Gasteiger partial charge in [0.1, 0.15) is 13.3 Å². The first kappa shape index (κ1) is 7.40. The fraction of sp³-hybridized carbons (Fsp3) is 0.600. The van der Waals surface area contributed by atoms with Crippen molar-refractivity contribution in [2.75, 3.05) is 13.3 Å². The van der Waals surface area contributed by atoms with Crippen molar-refractivity contribution >= 4 is 5.97 Å². The van der Waals surface area contributed by atoms with Crippen LogP contribution >= 0.6 is 0 Å². The average Bonchev–Trinajstić information content (AvgIpc) is 1.83. The Bertz CT molecular complexity index is 72.8. The highest BCUT2D eigenvalue weighted by Gasteiger charge is 1.94. The lowest BCUT2D eigenvalue weighted by Crippen LogP contribution is -2.04. The summed E-state index contributed by atoms with van der Waals surface area (Å²) in [6.07, 6.45) is 1.25. The molecule has 0 rings (SSSR count). The summed E-state index contributed by atoms with van der Waals surface area (Å²) in [5.41, 5.74) is 0. The van der Waals surface area contributed by atoms with Crippen LogP contribution in [0.3, 0.4) is 0 Å². The van der Waals surface area contributed by atoms with Gasteiger partial charge in [-0.1, -0.05) is 6.92 Å². The quantitative estimate of drug-likeness (QED) is 0.512. The van der Waals surface area contributed by atoms with E-state index in [2.05, 4.69) is 4.74 Å². The van der Waals surface area contributed by atoms with E-state index in [1.165, 1.54) is 6.42 Å². The maximum absolute atomic E-state index is 11.2. The Morgan fingerprint density at radius 2 is 2.50 bits per heavy atom. The number of halogens is 1. The van der Waals surface area contributed by atoms with Gasteiger partial charge in [0.05, 0.1) is 6.42 Å². The van der Waals surface area contributed by atoms with Crippen molar-refractivity contribution in [3.8, 4) is 0 Å². The van der Waals surface area contributed by atoms with Crippen LogP contribution < -0.4 is 0 Å². The van der Waals surface area contributed by atoms with Crippen molar-refractivity contribution in [3.05, 3.63) is 6.42 Å². The predicted molar refractivity (Wildman–Crippen MR) is 26.9 cm³/mol. The number of rotatable bonds is 3. The number of hydrogen-bond acceptors (Lipinski definition) is 2. The SMILES string of the molecule is C[CH]C(=O)OCCF. The van der Waals surface area contributed by atoms with E-state index in [9.17, 15) is 9.18 Å². The van der Waals surface area contributed by atoms with Gasteiger partial charge >= 0.3 is 5.97 Å². The Kier molecular flexibility index (Phi) is 4.21. The number of esters is 1. The van der Waals surface area contributed by atoms with E-state index in [1.54, 1.807) is 6.92 Å². The summed E-state index contributed by atoms with van der Waals surface area (Å²) in [5, 5.41) is 0. The zero-order chi connectivity index (χ0) is 6.41. The summed E-state index contributed by atoms with van der Waals surface area (Å²) in [6.45, 7) is 0.795. The molecule has 1 radical (unpaired) electrons. The summed E-state index contributed by atoms with van der Waals surface area (Å²) in [4.78, 5) is 10.1. The van der Waals surface area contributed by atoms with Gasteiger partial charge < -0.3 is 4.74 Å². The zero-order valence-corrected chi connectivity index (χ0v) is 4.69. The Morgan fingerprint density at radius 1 is 1.88 bits per heavy atom. The van der Waals surface area contributed by atoms with E-state index < -0.39 is 12.6 Å². The third-order valence-electron chi connectivity index (χ3n) is 0.557. The van der Waals surface area contributed by atoms with Crippen LogP contribution in [0.1, 0.15) is 6.92 Å². The molecule has 0 atom stereocenters. The minimum atomic E-state index is -0.612. The smallest absolute Gasteiger partial charge is 0.309 e. The lowest BCUT2D eigenvalue weighted by molar-refractivity contribution is -0.139. The maximum Gasteiger partial charge on any atom is 0.309 e. The number of carbonyl (C=O) groups is 1. The van der Waals surface area contributed by atoms with Crippen molar-refractivity contribution in [3.63, 3.8) is 0 Å². The molecule has 0 saturated carbocycles. The first-order valence-corrected chi connectivity index (χ1v) is 2.33. The van der Waals surface area contributed by atoms with Gasteiger partial charge in [-0.15, -0.1) is 0 Å². The average molecular weight is 119 g/mol. The maximum atomic E-state index is 11.2. The standard InChI is InChI=1S/C5H8FO2/c1-2-5(7)8-4-3-6/h2H,3-4H2,1H3. The molecule has 2 nitrogen and oxygen atoms in total. The van der Waals surface area contributed by atoms with E-state index in [-0.39, 0.29) is 6.61 Å². The molecule has 8 heavy (non-hydrogen) atoms. The molecule has 0 heterocycles. The zero-order valence-electron chi connectivity index (χ0n) is 4.69. The highest BCUT2D eigenvalue weighted by Crippen LogP contribution is 1.81. The molecule has 0 unspecified atom stereocenters. The molecule has 0 N–H and O–H groups in total. The Labute approximate surface area is 47.6 Å². The van der Waals surface area contributed by atoms with Crippen LogP contribution in [0.15, 0.2) is 0 Å². The van der Waals surface area contributed by atoms with Crippen molar-refractivity contribution < 1.29 is 13.9 Å². The molecular formula is C5H8FO2. The highest BCUT2D eigenvalue weighted by molar-refractivity contribution is 5.78. The molecule has 0 aliphatic carbocycles. The molecule has 0 aromatic heterocycles. The number of hydrogen-bond donors (Lipinski definition) is 0. The summed E-state index contributed by atoms with van der Waals surface area (Å²) in [7, 11) is 0. The molecule has 0 amide bonds. The van der Waals surface area contributed by atoms with Crippen molar-refractivity contribution in [2.24, 2.45) is 0 Å². The molecule has 0 aliphatic rings. The van der Waals surface area contributed by atoms with Crippen LogP contribution in [0.4, 0.5) is 4.39 Å². The van der Waals surface area contributed by atoms with Crippen LogP contribution in [0, 0.1) is 6.42 Å². The monoisotopic (exact) mass is 119 g/mol. The van der Waals surface area contributed by atoms with Crippen LogP contribution in [0.25, 0.3) is 0 Å². The molecule has 0 bridgehead atoms. The van der Waals surface area contributed by atoms with Gasteiger partial charge in [0.25, 0.3) is 0 Å². The number of carbonyl (C=O) groups excluding carboxylic acids is 1. The molecule has 0 aromatic rings. The highest BCUT2D eigenvalue weighted by atomic mass is 19.1. The summed E-state index contributed by atoms with van der Waals surface area (Å²) in [5.74, 6) is -0.470. The molecule has 0 saturated heterocycles. The van der Waals surface area contributed by atoms with Crippen molar-refractivity contribution in [2.45, 2.75) is 6.92 Å². The normalized spacial score (nSPS) is 8.75. The number of alkyl halides is 1. The first-order valence-electron chi connectivity index (χ1n) is 2.33. The molecule has 47 valence electrons. The second kappa shape index (κ2) is 4.56. The van der Waals surface area contributed by atoms with Gasteiger partial charge in [-0.3, -0.25) is 4.79 Å². The van der Waals surface area contributed by atoms with Crippen molar-refractivity contribution in [1.82, 2.24) is 0 Å². The second-order valence-electron chi connectivity index (χ2n) is 1.15. The van der Waals surface area contributed by atoms with Crippen LogP contribution in [0.2, 0.25) is 0 Å². The Balaban J connectivity index is 2.99. The largest absolute Gasteiger partial charge is 0.463 e. The molecule has 0 fully saturated rings. The summed E-state index contributed by atoms with van der Waals surface area (Å²) >= 11 is 0. The second-order valence-corrected chi connectivity index (χ2v) is 1.15. The molecule has 3 heteroatoms. The number of ether oxygens (including phenoxy) is 1. The lowest BCUT2D eigenvalue weighted by Gasteiger charge is -1.95. The first-order chi connectivity index (χ1) is 3.81. The topological polar surface area (TPSA) is 26.3 Å². The van der Waals surface area contributed by atoms with Gasteiger partial charge in [0, 0.05) is 0 Å². The van der Waals surface area contributed by atoms with Gasteiger partial charge in [0.15, 0.2) is 0 Å². The van der Waals surface area contributed by atoms with E-state index in [0.717, 1.165) is 0 Å². The fourth-order valence-electron chi connectivity index (χ4n) is 0.223. The third-order valence-corrected chi connectivity index (χ3v) is 0.557. The molecular weight excluding hydrogens is 111 g/mol. The van der Waals surface area contributed by atoms with Gasteiger partial charge in [-0.25, -0.2) is 4.39 Å². The Hall–Kier alpha value is -0.600. The van der Waals surface area contributed by atoms with Crippen molar-refractivity contribution in [1.29, 1.82) is 0 Å². The van der Waals surface area contributed by atoms with E-state index in [4.69, 9.17) is 0 Å². The molecule has 0 aromatic carbocycles. The predicted octanol–water partition coefficient (Wildman–Crippen LogP) is 0.723.